The van der Waals surface area contributed by atoms with Crippen LogP contribution >= 0.6 is 11.3 Å². The molecule has 3 aromatic heterocycles. The van der Waals surface area contributed by atoms with Crippen molar-refractivity contribution in [3.63, 3.8) is 0 Å². The summed E-state index contributed by atoms with van der Waals surface area (Å²) >= 11 is 1.51. The summed E-state index contributed by atoms with van der Waals surface area (Å²) in [6, 6.07) is 15.7. The summed E-state index contributed by atoms with van der Waals surface area (Å²) in [5.74, 6) is 0.878. The van der Waals surface area contributed by atoms with Crippen LogP contribution in [0.2, 0.25) is 0 Å². The second-order valence-corrected chi connectivity index (χ2v) is 8.28. The number of nitrogens with one attached hydrogen (secondary N) is 1. The van der Waals surface area contributed by atoms with Gasteiger partial charge in [-0.2, -0.15) is 0 Å². The number of hydrogen-bond donors (Lipinski definition) is 1. The fourth-order valence-corrected chi connectivity index (χ4v) is 4.54. The quantitative estimate of drug-likeness (QED) is 0.541. The van der Waals surface area contributed by atoms with E-state index in [2.05, 4.69) is 30.4 Å². The molecule has 0 unspecified atom stereocenters. The van der Waals surface area contributed by atoms with Crippen molar-refractivity contribution in [2.24, 2.45) is 5.92 Å². The first kappa shape index (κ1) is 18.6. The number of rotatable bonds is 4. The molecule has 1 aromatic carbocycles. The number of thiazole rings is 1. The fraction of sp³-hybridized carbons (Fsp3) is 0.227. The fourth-order valence-electron chi connectivity index (χ4n) is 3.67. The molecule has 4 aromatic rings. The second kappa shape index (κ2) is 8.16. The molecule has 0 bridgehead atoms. The molecule has 1 fully saturated rings. The third kappa shape index (κ3) is 3.86. The molecular formula is C22H20N6OS. The van der Waals surface area contributed by atoms with Crippen LogP contribution in [0.1, 0.15) is 12.8 Å². The Morgan fingerprint density at radius 2 is 1.80 bits per heavy atom. The average molecular weight is 417 g/mol. The van der Waals surface area contributed by atoms with Crippen LogP contribution in [-0.2, 0) is 4.79 Å². The predicted molar refractivity (Wildman–Crippen MR) is 118 cm³/mol. The zero-order chi connectivity index (χ0) is 20.3. The lowest BCUT2D eigenvalue weighted by Gasteiger charge is -2.31. The number of nitrogens with zero attached hydrogens (tertiary/aromatic N) is 5. The van der Waals surface area contributed by atoms with E-state index in [4.69, 9.17) is 0 Å². The molecule has 1 N–H and O–H groups in total. The number of carbonyl (C=O) groups is 1. The van der Waals surface area contributed by atoms with E-state index in [0.717, 1.165) is 53.2 Å². The number of anilines is 2. The van der Waals surface area contributed by atoms with Gasteiger partial charge in [-0.15, -0.1) is 10.2 Å². The van der Waals surface area contributed by atoms with Crippen molar-refractivity contribution in [1.29, 1.82) is 0 Å². The van der Waals surface area contributed by atoms with Crippen LogP contribution in [0.5, 0.6) is 0 Å². The summed E-state index contributed by atoms with van der Waals surface area (Å²) in [5, 5.41) is 12.4. The van der Waals surface area contributed by atoms with Gasteiger partial charge in [0.25, 0.3) is 0 Å². The topological polar surface area (TPSA) is 83.9 Å². The number of benzene rings is 1. The van der Waals surface area contributed by atoms with Crippen molar-refractivity contribution in [2.45, 2.75) is 12.8 Å². The molecule has 0 aliphatic carbocycles. The van der Waals surface area contributed by atoms with E-state index in [1.165, 1.54) is 11.3 Å². The summed E-state index contributed by atoms with van der Waals surface area (Å²) in [5.41, 5.74) is 2.74. The van der Waals surface area contributed by atoms with Crippen molar-refractivity contribution in [1.82, 2.24) is 20.2 Å². The van der Waals surface area contributed by atoms with E-state index in [9.17, 15) is 4.79 Å². The van der Waals surface area contributed by atoms with Gasteiger partial charge in [0, 0.05) is 37.0 Å². The highest BCUT2D eigenvalue weighted by molar-refractivity contribution is 7.22. The molecule has 5 rings (SSSR count). The molecule has 1 saturated heterocycles. The Balaban J connectivity index is 1.19. The summed E-state index contributed by atoms with van der Waals surface area (Å²) in [6.07, 6.45) is 5.05. The molecule has 150 valence electrons. The zero-order valence-corrected chi connectivity index (χ0v) is 17.0. The Morgan fingerprint density at radius 3 is 2.53 bits per heavy atom. The largest absolute Gasteiger partial charge is 0.355 e. The van der Waals surface area contributed by atoms with Gasteiger partial charge in [-0.25, -0.2) is 4.98 Å². The van der Waals surface area contributed by atoms with E-state index >= 15 is 0 Å². The molecule has 0 radical (unpaired) electrons. The number of piperidine rings is 1. The molecule has 7 nitrogen and oxygen atoms in total. The highest BCUT2D eigenvalue weighted by Gasteiger charge is 2.26. The smallest absolute Gasteiger partial charge is 0.229 e. The molecule has 0 saturated carbocycles. The standard InChI is InChI=1S/C22H20N6OS/c29-21(25-22-24-18-3-1-2-4-19(18)30-22)16-9-13-28(14-10-16)20-6-5-17(26-27-20)15-7-11-23-12-8-15/h1-8,11-12,16H,9-10,13-14H2,(H,24,25,29). The van der Waals surface area contributed by atoms with E-state index in [1.807, 2.05) is 48.5 Å². The summed E-state index contributed by atoms with van der Waals surface area (Å²) in [6.45, 7) is 1.56. The molecule has 0 atom stereocenters. The molecular weight excluding hydrogens is 396 g/mol. The first-order valence-corrected chi connectivity index (χ1v) is 10.7. The van der Waals surface area contributed by atoms with Crippen LogP contribution in [-0.4, -0.2) is 39.2 Å². The van der Waals surface area contributed by atoms with Crippen LogP contribution in [0.25, 0.3) is 21.5 Å². The van der Waals surface area contributed by atoms with Gasteiger partial charge in [0.1, 0.15) is 0 Å². The number of carbonyl (C=O) groups excluding carboxylic acids is 1. The highest BCUT2D eigenvalue weighted by Crippen LogP contribution is 2.28. The van der Waals surface area contributed by atoms with Crippen LogP contribution in [0.4, 0.5) is 10.9 Å². The van der Waals surface area contributed by atoms with Crippen LogP contribution in [0.15, 0.2) is 60.9 Å². The summed E-state index contributed by atoms with van der Waals surface area (Å²) in [7, 11) is 0. The van der Waals surface area contributed by atoms with Crippen molar-refractivity contribution in [3.05, 3.63) is 60.9 Å². The van der Waals surface area contributed by atoms with Gasteiger partial charge in [0.15, 0.2) is 10.9 Å². The van der Waals surface area contributed by atoms with Gasteiger partial charge < -0.3 is 10.2 Å². The summed E-state index contributed by atoms with van der Waals surface area (Å²) < 4.78 is 1.08. The first-order valence-electron chi connectivity index (χ1n) is 9.92. The van der Waals surface area contributed by atoms with Gasteiger partial charge in [-0.3, -0.25) is 9.78 Å². The maximum absolute atomic E-state index is 12.7. The number of aromatic nitrogens is 4. The minimum Gasteiger partial charge on any atom is -0.355 e. The van der Waals surface area contributed by atoms with Crippen LogP contribution in [0, 0.1) is 5.92 Å². The van der Waals surface area contributed by atoms with Gasteiger partial charge in [0.05, 0.1) is 15.9 Å². The number of hydrogen-bond acceptors (Lipinski definition) is 7. The SMILES string of the molecule is O=C(Nc1nc2ccccc2s1)C1CCN(c2ccc(-c3ccncc3)nn2)CC1. The molecule has 1 aliphatic rings. The lowest BCUT2D eigenvalue weighted by atomic mass is 9.96. The van der Waals surface area contributed by atoms with Crippen molar-refractivity contribution >= 4 is 38.4 Å². The van der Waals surface area contributed by atoms with Gasteiger partial charge in [-0.05, 0) is 49.2 Å². The Kier molecular flexibility index (Phi) is 5.06. The van der Waals surface area contributed by atoms with Crippen LogP contribution < -0.4 is 10.2 Å². The highest BCUT2D eigenvalue weighted by atomic mass is 32.1. The lowest BCUT2D eigenvalue weighted by Crippen LogP contribution is -2.38. The maximum atomic E-state index is 12.7. The zero-order valence-electron chi connectivity index (χ0n) is 16.2. The molecule has 0 spiro atoms. The van der Waals surface area contributed by atoms with Crippen molar-refractivity contribution < 1.29 is 4.79 Å². The number of amides is 1. The van der Waals surface area contributed by atoms with Gasteiger partial charge in [-0.1, -0.05) is 23.5 Å². The van der Waals surface area contributed by atoms with E-state index < -0.39 is 0 Å². The Morgan fingerprint density at radius 1 is 1.00 bits per heavy atom. The van der Waals surface area contributed by atoms with E-state index in [1.54, 1.807) is 12.4 Å². The molecule has 8 heteroatoms. The molecule has 1 amide bonds. The average Bonchev–Trinajstić information content (AvgIpc) is 3.22. The Labute approximate surface area is 177 Å². The third-order valence-corrected chi connectivity index (χ3v) is 6.29. The Hall–Kier alpha value is -3.39. The van der Waals surface area contributed by atoms with Crippen molar-refractivity contribution in [3.8, 4) is 11.3 Å². The Bertz CT molecular complexity index is 1120. The van der Waals surface area contributed by atoms with Gasteiger partial charge in [0.2, 0.25) is 5.91 Å². The normalized spacial score (nSPS) is 14.7. The number of fused-ring (bicyclic) bond motifs is 1. The van der Waals surface area contributed by atoms with Gasteiger partial charge >= 0.3 is 0 Å². The summed E-state index contributed by atoms with van der Waals surface area (Å²) in [4.78, 5) is 23.4. The lowest BCUT2D eigenvalue weighted by molar-refractivity contribution is -0.120. The molecule has 4 heterocycles. The van der Waals surface area contributed by atoms with E-state index in [0.29, 0.717) is 5.13 Å². The minimum absolute atomic E-state index is 0.0164. The van der Waals surface area contributed by atoms with Crippen molar-refractivity contribution in [2.75, 3.05) is 23.3 Å². The maximum Gasteiger partial charge on any atom is 0.229 e. The number of pyridine rings is 1. The first-order chi connectivity index (χ1) is 14.8. The molecule has 1 aliphatic heterocycles. The molecule has 30 heavy (non-hydrogen) atoms. The second-order valence-electron chi connectivity index (χ2n) is 7.25. The monoisotopic (exact) mass is 416 g/mol. The minimum atomic E-state index is -0.0164. The third-order valence-electron chi connectivity index (χ3n) is 5.34. The predicted octanol–water partition coefficient (Wildman–Crippen LogP) is 4.00. The number of para-hydroxylation sites is 1. The van der Waals surface area contributed by atoms with E-state index in [-0.39, 0.29) is 11.8 Å². The van der Waals surface area contributed by atoms with Crippen LogP contribution in [0.3, 0.4) is 0 Å².